The SMILES string of the molecule is Cc1cc(-c2ccccc2)cc(C)c1-c1cc2c3c(c1)N(c1cc(C(C)(C)C)cc(C(C)(C)C)c1)c1c(cc4c5cccc6cccc(c7cccc1c74)c65)B3c1cc3c4cccc5cccc(c6cccc(c1N2c1cc(C(C)(C)C)cc(C(C)(C)C)c1)c63)c54. The van der Waals surface area contributed by atoms with Crippen LogP contribution in [-0.4, -0.2) is 6.71 Å². The minimum Gasteiger partial charge on any atom is -0.311 e. The van der Waals surface area contributed by atoms with Gasteiger partial charge in [0.15, 0.2) is 0 Å². The number of nitrogens with zero attached hydrogens (tertiary/aromatic N) is 2. The highest BCUT2D eigenvalue weighted by Crippen LogP contribution is 2.55. The molecule has 0 amide bonds. The second kappa shape index (κ2) is 19.1. The molecular formula is C88H77BN2. The van der Waals surface area contributed by atoms with Gasteiger partial charge < -0.3 is 9.80 Å². The molecule has 0 N–H and O–H groups in total. The van der Waals surface area contributed by atoms with Crippen LogP contribution in [0.2, 0.25) is 0 Å². The Morgan fingerprint density at radius 3 is 1.00 bits per heavy atom. The Labute approximate surface area is 536 Å². The standard InChI is InChI=1S/C88H77BN2/c1-50-38-55(52-24-16-15-17-25-52)39-51(2)77(50)56-40-75-82-76(41-56)91(62-46-59(87(9,10)11)43-60(47-62)88(12,13)14)84-70-37-23-35-66-64-31-19-27-54-29-21-33-68(79(54)64)72(81(66)70)49-74(84)89(82)73-48-71-67-32-20-28-53-26-18-30-63(78(53)67)65-34-22-36-69(80(65)71)83(73)90(75)61-44-57(85(3,4)5)42-58(45-61)86(6,7)8/h15-49H,1-14H3. The molecule has 91 heavy (non-hydrogen) atoms. The van der Waals surface area contributed by atoms with E-state index in [9.17, 15) is 0 Å². The van der Waals surface area contributed by atoms with Gasteiger partial charge in [0.05, 0.1) is 0 Å². The lowest BCUT2D eigenvalue weighted by atomic mass is 9.33. The van der Waals surface area contributed by atoms with Crippen LogP contribution in [0.5, 0.6) is 0 Å². The predicted molar refractivity (Wildman–Crippen MR) is 398 cm³/mol. The third kappa shape index (κ3) is 8.18. The molecule has 17 rings (SSSR count). The van der Waals surface area contributed by atoms with Crippen LogP contribution in [0, 0.1) is 13.8 Å². The van der Waals surface area contributed by atoms with Crippen LogP contribution in [0.3, 0.4) is 0 Å². The van der Waals surface area contributed by atoms with E-state index in [1.807, 2.05) is 0 Å². The quantitative estimate of drug-likeness (QED) is 0.0984. The van der Waals surface area contributed by atoms with Crippen LogP contribution in [0.15, 0.2) is 212 Å². The zero-order valence-electron chi connectivity index (χ0n) is 55.2. The van der Waals surface area contributed by atoms with Crippen molar-refractivity contribution in [2.24, 2.45) is 0 Å². The van der Waals surface area contributed by atoms with E-state index in [1.54, 1.807) is 0 Å². The molecule has 2 nitrogen and oxygen atoms in total. The summed E-state index contributed by atoms with van der Waals surface area (Å²) in [6.07, 6.45) is 0. The fraction of sp³-hybridized carbons (Fsp3) is 0.205. The molecule has 2 aliphatic heterocycles. The largest absolute Gasteiger partial charge is 0.311 e. The van der Waals surface area contributed by atoms with Gasteiger partial charge in [0, 0.05) is 44.9 Å². The Balaban J connectivity index is 1.12. The molecule has 0 fully saturated rings. The van der Waals surface area contributed by atoms with Gasteiger partial charge in [0.2, 0.25) is 0 Å². The smallest absolute Gasteiger partial charge is 0.252 e. The van der Waals surface area contributed by atoms with Crippen molar-refractivity contribution in [3.05, 3.63) is 246 Å². The van der Waals surface area contributed by atoms with Gasteiger partial charge >= 0.3 is 0 Å². The second-order valence-corrected chi connectivity index (χ2v) is 31.0. The zero-order chi connectivity index (χ0) is 62.7. The summed E-state index contributed by atoms with van der Waals surface area (Å²) in [5.41, 5.74) is 23.5. The Bertz CT molecular complexity index is 5210. The summed E-state index contributed by atoms with van der Waals surface area (Å²) in [5, 5.41) is 20.8. The van der Waals surface area contributed by atoms with Gasteiger partial charge in [-0.05, 0) is 219 Å². The van der Waals surface area contributed by atoms with Gasteiger partial charge in [-0.2, -0.15) is 0 Å². The van der Waals surface area contributed by atoms with Crippen LogP contribution in [0.1, 0.15) is 116 Å². The lowest BCUT2D eigenvalue weighted by molar-refractivity contribution is 0.568. The third-order valence-electron chi connectivity index (χ3n) is 21.0. The van der Waals surface area contributed by atoms with E-state index in [-0.39, 0.29) is 28.4 Å². The Morgan fingerprint density at radius 2 is 0.626 bits per heavy atom. The second-order valence-electron chi connectivity index (χ2n) is 31.0. The lowest BCUT2D eigenvalue weighted by Crippen LogP contribution is -2.61. The molecule has 3 heteroatoms. The minimum absolute atomic E-state index is 0.142. The maximum Gasteiger partial charge on any atom is 0.252 e. The van der Waals surface area contributed by atoms with Crippen molar-refractivity contribution in [2.45, 2.75) is 119 Å². The van der Waals surface area contributed by atoms with Crippen molar-refractivity contribution >= 4 is 143 Å². The molecule has 15 aromatic rings. The number of rotatable bonds is 4. The first-order valence-electron chi connectivity index (χ1n) is 33.0. The molecule has 0 saturated carbocycles. The average Bonchev–Trinajstić information content (AvgIpc) is 0.675. The molecule has 2 aliphatic rings. The van der Waals surface area contributed by atoms with Gasteiger partial charge in [-0.15, -0.1) is 0 Å². The van der Waals surface area contributed by atoms with Crippen LogP contribution in [0.25, 0.3) is 108 Å². The van der Waals surface area contributed by atoms with E-state index < -0.39 is 0 Å². The van der Waals surface area contributed by atoms with E-state index >= 15 is 0 Å². The molecule has 0 atom stereocenters. The number of hydrogen-bond donors (Lipinski definition) is 0. The summed E-state index contributed by atoms with van der Waals surface area (Å²) < 4.78 is 0. The maximum absolute atomic E-state index is 2.77. The van der Waals surface area contributed by atoms with Crippen molar-refractivity contribution in [3.8, 4) is 22.3 Å². The van der Waals surface area contributed by atoms with E-state index in [0.29, 0.717) is 0 Å². The molecule has 0 saturated heterocycles. The van der Waals surface area contributed by atoms with E-state index in [1.165, 1.54) is 192 Å². The summed E-state index contributed by atoms with van der Waals surface area (Å²) in [5.74, 6) is 0. The van der Waals surface area contributed by atoms with Crippen LogP contribution < -0.4 is 26.2 Å². The van der Waals surface area contributed by atoms with Gasteiger partial charge in [-0.25, -0.2) is 0 Å². The third-order valence-corrected chi connectivity index (χ3v) is 21.0. The molecule has 0 aliphatic carbocycles. The Kier molecular flexibility index (Phi) is 11.7. The number of hydrogen-bond acceptors (Lipinski definition) is 2. The van der Waals surface area contributed by atoms with Crippen molar-refractivity contribution in [3.63, 3.8) is 0 Å². The molecular weight excluding hydrogens is 1100 g/mol. The van der Waals surface area contributed by atoms with Crippen molar-refractivity contribution < 1.29 is 0 Å². The topological polar surface area (TPSA) is 6.48 Å². The summed E-state index contributed by atoms with van der Waals surface area (Å²) in [6.45, 7) is 33.1. The molecule has 0 unspecified atom stereocenters. The molecule has 0 spiro atoms. The molecule has 2 heterocycles. The van der Waals surface area contributed by atoms with E-state index in [4.69, 9.17) is 0 Å². The summed E-state index contributed by atoms with van der Waals surface area (Å²) in [7, 11) is 0. The van der Waals surface area contributed by atoms with E-state index in [2.05, 4.69) is 319 Å². The summed E-state index contributed by atoms with van der Waals surface area (Å²) >= 11 is 0. The Morgan fingerprint density at radius 1 is 0.286 bits per heavy atom. The van der Waals surface area contributed by atoms with Gasteiger partial charge in [0.1, 0.15) is 0 Å². The first-order valence-corrected chi connectivity index (χ1v) is 33.0. The highest BCUT2D eigenvalue weighted by atomic mass is 15.2. The highest BCUT2D eigenvalue weighted by Gasteiger charge is 2.47. The number of anilines is 6. The highest BCUT2D eigenvalue weighted by molar-refractivity contribution is 7.01. The lowest BCUT2D eigenvalue weighted by Gasteiger charge is -2.46. The number of fused-ring (bicyclic) bond motifs is 10. The summed E-state index contributed by atoms with van der Waals surface area (Å²) in [4.78, 5) is 5.53. The van der Waals surface area contributed by atoms with Crippen LogP contribution in [0.4, 0.5) is 34.1 Å². The average molecular weight is 1170 g/mol. The summed E-state index contributed by atoms with van der Waals surface area (Å²) in [6, 6.07) is 83.7. The van der Waals surface area contributed by atoms with Gasteiger partial charge in [0.25, 0.3) is 6.71 Å². The first-order chi connectivity index (χ1) is 43.5. The fourth-order valence-electron chi connectivity index (χ4n) is 16.5. The monoisotopic (exact) mass is 1170 g/mol. The zero-order valence-corrected chi connectivity index (χ0v) is 55.2. The Hall–Kier alpha value is -9.44. The fourth-order valence-corrected chi connectivity index (χ4v) is 16.5. The molecule has 0 bridgehead atoms. The molecule has 0 radical (unpaired) electrons. The maximum atomic E-state index is 2.77. The van der Waals surface area contributed by atoms with Crippen LogP contribution in [-0.2, 0) is 21.7 Å². The first kappa shape index (κ1) is 55.6. The number of aryl methyl sites for hydroxylation is 2. The van der Waals surface area contributed by atoms with Crippen molar-refractivity contribution in [1.29, 1.82) is 0 Å². The molecule has 15 aromatic carbocycles. The predicted octanol–water partition coefficient (Wildman–Crippen LogP) is 23.0. The van der Waals surface area contributed by atoms with E-state index in [0.717, 1.165) is 0 Å². The minimum atomic E-state index is -0.193. The van der Waals surface area contributed by atoms with Gasteiger partial charge in [-0.1, -0.05) is 259 Å². The molecule has 442 valence electrons. The van der Waals surface area contributed by atoms with Crippen molar-refractivity contribution in [1.82, 2.24) is 0 Å². The van der Waals surface area contributed by atoms with Gasteiger partial charge in [-0.3, -0.25) is 0 Å². The van der Waals surface area contributed by atoms with Crippen molar-refractivity contribution in [2.75, 3.05) is 9.80 Å². The number of benzene rings is 15. The van der Waals surface area contributed by atoms with Crippen LogP contribution >= 0.6 is 0 Å². The normalized spacial score (nSPS) is 13.8. The molecule has 0 aromatic heterocycles.